The molecule has 0 aliphatic carbocycles. The Balaban J connectivity index is 1.96. The van der Waals surface area contributed by atoms with E-state index in [0.717, 1.165) is 0 Å². The molecule has 0 N–H and O–H groups in total. The highest BCUT2D eigenvalue weighted by Crippen LogP contribution is 2.22. The van der Waals surface area contributed by atoms with Gasteiger partial charge in [0.2, 0.25) is 0 Å². The summed E-state index contributed by atoms with van der Waals surface area (Å²) in [7, 11) is 0. The summed E-state index contributed by atoms with van der Waals surface area (Å²) >= 11 is 0. The molecule has 1 aliphatic rings. The maximum Gasteiger partial charge on any atom is 0.185 e. The molecule has 1 saturated heterocycles. The third-order valence-corrected chi connectivity index (χ3v) is 2.55. The number of carbonyl (C=O) groups excluding carboxylic acids is 1. The lowest BCUT2D eigenvalue weighted by atomic mass is 10.1. The number of ether oxygens (including phenoxy) is 2. The van der Waals surface area contributed by atoms with Crippen LogP contribution < -0.4 is 0 Å². The van der Waals surface area contributed by atoms with Crippen LogP contribution in [0.3, 0.4) is 0 Å². The summed E-state index contributed by atoms with van der Waals surface area (Å²) in [6.45, 7) is 4.21. The minimum atomic E-state index is -0.551. The summed E-state index contributed by atoms with van der Waals surface area (Å²) in [5, 5.41) is 0. The molecular weight excluding hydrogens is 216 g/mol. The molecule has 2 rings (SSSR count). The van der Waals surface area contributed by atoms with Gasteiger partial charge in [0.15, 0.2) is 11.6 Å². The lowest BCUT2D eigenvalue weighted by Crippen LogP contribution is -2.20. The van der Waals surface area contributed by atoms with Crippen molar-refractivity contribution in [2.75, 3.05) is 6.61 Å². The summed E-state index contributed by atoms with van der Waals surface area (Å²) in [5.41, 5.74) is 0.682. The van der Waals surface area contributed by atoms with Gasteiger partial charge in [-0.15, -0.1) is 0 Å². The van der Waals surface area contributed by atoms with Gasteiger partial charge in [-0.1, -0.05) is 30.3 Å². The van der Waals surface area contributed by atoms with Gasteiger partial charge in [-0.25, -0.2) is 0 Å². The highest BCUT2D eigenvalue weighted by Gasteiger charge is 2.31. The fourth-order valence-corrected chi connectivity index (χ4v) is 1.70. The number of ketones is 1. The quantitative estimate of drug-likeness (QED) is 0.593. The molecule has 0 radical (unpaired) electrons. The molecular formula is C14H16O3. The molecule has 0 spiro atoms. The van der Waals surface area contributed by atoms with Crippen molar-refractivity contribution >= 4 is 5.78 Å². The molecule has 0 bridgehead atoms. The van der Waals surface area contributed by atoms with Crippen LogP contribution in [0, 0.1) is 0 Å². The minimum Gasteiger partial charge on any atom is -0.347 e. The topological polar surface area (TPSA) is 35.5 Å². The van der Waals surface area contributed by atoms with Crippen molar-refractivity contribution in [1.82, 2.24) is 0 Å². The molecule has 0 aromatic heterocycles. The van der Waals surface area contributed by atoms with Crippen LogP contribution in [-0.4, -0.2) is 24.3 Å². The van der Waals surface area contributed by atoms with E-state index < -0.39 is 5.79 Å². The fourth-order valence-electron chi connectivity index (χ4n) is 1.70. The molecule has 0 unspecified atom stereocenters. The first-order valence-corrected chi connectivity index (χ1v) is 5.66. The molecule has 3 heteroatoms. The van der Waals surface area contributed by atoms with Gasteiger partial charge in [0, 0.05) is 5.56 Å². The van der Waals surface area contributed by atoms with Crippen LogP contribution in [0.1, 0.15) is 24.2 Å². The van der Waals surface area contributed by atoms with E-state index >= 15 is 0 Å². The van der Waals surface area contributed by atoms with E-state index in [1.165, 1.54) is 0 Å². The average molecular weight is 232 g/mol. The first-order valence-electron chi connectivity index (χ1n) is 5.66. The molecule has 0 amide bonds. The highest BCUT2D eigenvalue weighted by atomic mass is 16.7. The molecule has 1 aromatic carbocycles. The summed E-state index contributed by atoms with van der Waals surface area (Å²) in [6, 6.07) is 9.17. The van der Waals surface area contributed by atoms with E-state index in [0.29, 0.717) is 12.2 Å². The summed E-state index contributed by atoms with van der Waals surface area (Å²) in [6.07, 6.45) is 3.16. The first kappa shape index (κ1) is 12.0. The zero-order valence-corrected chi connectivity index (χ0v) is 10.1. The minimum absolute atomic E-state index is 0.0149. The van der Waals surface area contributed by atoms with Gasteiger partial charge in [-0.3, -0.25) is 4.79 Å². The van der Waals surface area contributed by atoms with E-state index in [1.807, 2.05) is 32.0 Å². The Hall–Kier alpha value is -1.45. The molecule has 0 saturated carbocycles. The predicted molar refractivity (Wildman–Crippen MR) is 64.8 cm³/mol. The predicted octanol–water partition coefficient (Wildman–Crippen LogP) is 2.58. The first-order chi connectivity index (χ1) is 8.07. The summed E-state index contributed by atoms with van der Waals surface area (Å²) in [4.78, 5) is 11.8. The molecule has 1 fully saturated rings. The van der Waals surface area contributed by atoms with Crippen molar-refractivity contribution in [3.05, 3.63) is 48.0 Å². The van der Waals surface area contributed by atoms with Crippen molar-refractivity contribution in [2.24, 2.45) is 0 Å². The Bertz CT molecular complexity index is 420. The molecule has 90 valence electrons. The normalized spacial score (nSPS) is 23.1. The van der Waals surface area contributed by atoms with Crippen molar-refractivity contribution in [3.8, 4) is 0 Å². The highest BCUT2D eigenvalue weighted by molar-refractivity contribution is 6.04. The number of rotatable bonds is 3. The number of hydrogen-bond donors (Lipinski definition) is 0. The Morgan fingerprint density at radius 1 is 1.35 bits per heavy atom. The lowest BCUT2D eigenvalue weighted by molar-refractivity contribution is -0.133. The van der Waals surface area contributed by atoms with E-state index in [1.54, 1.807) is 24.3 Å². The SMILES string of the molecule is CC1(C)OC[C@@H](/C=C/C(=O)c2ccccc2)O1. The number of allylic oxidation sites excluding steroid dienone is 1. The van der Waals surface area contributed by atoms with Crippen LogP contribution in [-0.2, 0) is 9.47 Å². The Morgan fingerprint density at radius 3 is 2.65 bits per heavy atom. The molecule has 3 nitrogen and oxygen atoms in total. The van der Waals surface area contributed by atoms with Gasteiger partial charge in [0.05, 0.1) is 6.61 Å². The standard InChI is InChI=1S/C14H16O3/c1-14(2)16-10-12(17-14)8-9-13(15)11-6-4-3-5-7-11/h3-9,12H,10H2,1-2H3/b9-8+/t12-/m1/s1. The molecule has 1 aliphatic heterocycles. The average Bonchev–Trinajstić information content (AvgIpc) is 2.67. The second-order valence-electron chi connectivity index (χ2n) is 4.46. The van der Waals surface area contributed by atoms with E-state index in [-0.39, 0.29) is 11.9 Å². The molecule has 1 atom stereocenters. The van der Waals surface area contributed by atoms with Crippen LogP contribution >= 0.6 is 0 Å². The van der Waals surface area contributed by atoms with Crippen molar-refractivity contribution in [2.45, 2.75) is 25.7 Å². The van der Waals surface area contributed by atoms with Gasteiger partial charge in [0.1, 0.15) is 6.10 Å². The number of carbonyl (C=O) groups is 1. The zero-order chi connectivity index (χ0) is 12.3. The van der Waals surface area contributed by atoms with Crippen LogP contribution in [0.5, 0.6) is 0 Å². The van der Waals surface area contributed by atoms with Crippen LogP contribution in [0.4, 0.5) is 0 Å². The Kier molecular flexibility index (Phi) is 3.41. The third kappa shape index (κ3) is 3.25. The van der Waals surface area contributed by atoms with E-state index in [9.17, 15) is 4.79 Å². The summed E-state index contributed by atoms with van der Waals surface area (Å²) < 4.78 is 11.0. The fraction of sp³-hybridized carbons (Fsp3) is 0.357. The Labute approximate surface area is 101 Å². The van der Waals surface area contributed by atoms with Crippen molar-refractivity contribution in [1.29, 1.82) is 0 Å². The van der Waals surface area contributed by atoms with E-state index in [2.05, 4.69) is 0 Å². The zero-order valence-electron chi connectivity index (χ0n) is 10.1. The van der Waals surface area contributed by atoms with Crippen molar-refractivity contribution < 1.29 is 14.3 Å². The van der Waals surface area contributed by atoms with Crippen LogP contribution in [0.2, 0.25) is 0 Å². The van der Waals surface area contributed by atoms with Crippen molar-refractivity contribution in [3.63, 3.8) is 0 Å². The smallest absolute Gasteiger partial charge is 0.185 e. The number of hydrogen-bond acceptors (Lipinski definition) is 3. The number of benzene rings is 1. The Morgan fingerprint density at radius 2 is 2.06 bits per heavy atom. The van der Waals surface area contributed by atoms with Gasteiger partial charge in [-0.2, -0.15) is 0 Å². The monoisotopic (exact) mass is 232 g/mol. The van der Waals surface area contributed by atoms with Gasteiger partial charge in [0.25, 0.3) is 0 Å². The lowest BCUT2D eigenvalue weighted by Gasteiger charge is -2.15. The third-order valence-electron chi connectivity index (χ3n) is 2.55. The van der Waals surface area contributed by atoms with Crippen LogP contribution in [0.15, 0.2) is 42.5 Å². The largest absolute Gasteiger partial charge is 0.347 e. The molecule has 1 heterocycles. The van der Waals surface area contributed by atoms with Gasteiger partial charge < -0.3 is 9.47 Å². The van der Waals surface area contributed by atoms with E-state index in [4.69, 9.17) is 9.47 Å². The second-order valence-corrected chi connectivity index (χ2v) is 4.46. The maximum absolute atomic E-state index is 11.8. The second kappa shape index (κ2) is 4.82. The van der Waals surface area contributed by atoms with Gasteiger partial charge in [-0.05, 0) is 26.0 Å². The van der Waals surface area contributed by atoms with Crippen LogP contribution in [0.25, 0.3) is 0 Å². The summed E-state index contributed by atoms with van der Waals surface area (Å²) in [5.74, 6) is -0.566. The molecule has 17 heavy (non-hydrogen) atoms. The molecule has 1 aromatic rings. The maximum atomic E-state index is 11.8. The van der Waals surface area contributed by atoms with Gasteiger partial charge >= 0.3 is 0 Å².